The van der Waals surface area contributed by atoms with Gasteiger partial charge in [0, 0.05) is 0 Å². The lowest BCUT2D eigenvalue weighted by atomic mass is 10.2. The highest BCUT2D eigenvalue weighted by Crippen LogP contribution is 2.20. The summed E-state index contributed by atoms with van der Waals surface area (Å²) in [4.78, 5) is 0. The molecule has 2 nitrogen and oxygen atoms in total. The zero-order valence-electron chi connectivity index (χ0n) is 6.99. The highest BCUT2D eigenvalue weighted by Gasteiger charge is 1.99. The quantitative estimate of drug-likeness (QED) is 0.519. The Balaban J connectivity index is 0.000000561. The van der Waals surface area contributed by atoms with Crippen molar-refractivity contribution in [3.63, 3.8) is 0 Å². The van der Waals surface area contributed by atoms with Gasteiger partial charge >= 0.3 is 0 Å². The van der Waals surface area contributed by atoms with E-state index >= 15 is 0 Å². The van der Waals surface area contributed by atoms with Gasteiger partial charge in [-0.1, -0.05) is 25.4 Å². The van der Waals surface area contributed by atoms with E-state index in [1.54, 1.807) is 18.2 Å². The van der Waals surface area contributed by atoms with Crippen LogP contribution in [0.4, 0.5) is 0 Å². The van der Waals surface area contributed by atoms with Gasteiger partial charge < -0.3 is 10.2 Å². The third-order valence-electron chi connectivity index (χ3n) is 1.21. The maximum atomic E-state index is 9.06. The van der Waals surface area contributed by atoms with Gasteiger partial charge in [0.15, 0.2) is 0 Å². The average Bonchev–Trinajstić information content (AvgIpc) is 2.08. The first-order valence-electron chi connectivity index (χ1n) is 3.46. The van der Waals surface area contributed by atoms with Gasteiger partial charge in [0.25, 0.3) is 0 Å². The zero-order chi connectivity index (χ0) is 9.56. The Kier molecular flexibility index (Phi) is 5.14. The fourth-order valence-corrected chi connectivity index (χ4v) is 0.718. The molecule has 0 aromatic heterocycles. The molecule has 3 heteroatoms. The zero-order valence-corrected chi connectivity index (χ0v) is 8.14. The summed E-state index contributed by atoms with van der Waals surface area (Å²) in [7, 11) is 2.42. The molecule has 0 saturated carbocycles. The number of phenols is 1. The monoisotopic (exact) mass is 184 g/mol. The van der Waals surface area contributed by atoms with Crippen LogP contribution in [0.1, 0.15) is 5.56 Å². The van der Waals surface area contributed by atoms with Crippen molar-refractivity contribution in [2.24, 2.45) is 0 Å². The van der Waals surface area contributed by atoms with Crippen molar-refractivity contribution < 1.29 is 10.2 Å². The summed E-state index contributed by atoms with van der Waals surface area (Å²) in [6, 6.07) is 6.49. The number of aromatic hydroxyl groups is 1. The van der Waals surface area contributed by atoms with Crippen molar-refractivity contribution in [3.05, 3.63) is 36.4 Å². The molecule has 2 N–H and O–H groups in total. The molecule has 12 heavy (non-hydrogen) atoms. The molecular formula is C9H13O2P. The van der Waals surface area contributed by atoms with E-state index in [-0.39, 0.29) is 11.5 Å². The fraction of sp³-hybridized carbons (Fsp3) is 0.111. The predicted molar refractivity (Wildman–Crippen MR) is 55.4 cm³/mol. The largest absolute Gasteiger partial charge is 0.508 e. The van der Waals surface area contributed by atoms with E-state index < -0.39 is 0 Å². The fourth-order valence-electron chi connectivity index (χ4n) is 0.718. The predicted octanol–water partition coefficient (Wildman–Crippen LogP) is 2.41. The second-order valence-corrected chi connectivity index (χ2v) is 1.96. The molecule has 1 atom stereocenters. The molecule has 66 valence electrons. The van der Waals surface area contributed by atoms with Gasteiger partial charge in [-0.15, -0.1) is 9.24 Å². The summed E-state index contributed by atoms with van der Waals surface area (Å²) in [6.07, 6.45) is 0. The third-order valence-corrected chi connectivity index (χ3v) is 1.21. The Morgan fingerprint density at radius 1 is 1.33 bits per heavy atom. The molecular weight excluding hydrogens is 171 g/mol. The smallest absolute Gasteiger partial charge is 0.126 e. The molecule has 1 aromatic rings. The van der Waals surface area contributed by atoms with E-state index in [9.17, 15) is 0 Å². The van der Waals surface area contributed by atoms with Crippen LogP contribution in [0.3, 0.4) is 0 Å². The van der Waals surface area contributed by atoms with Crippen molar-refractivity contribution in [2.75, 3.05) is 6.66 Å². The molecule has 0 spiro atoms. The Hall–Kier alpha value is -1.01. The molecule has 1 rings (SSSR count). The van der Waals surface area contributed by atoms with Crippen molar-refractivity contribution in [2.45, 2.75) is 0 Å². The summed E-state index contributed by atoms with van der Waals surface area (Å²) in [5, 5.41) is 17.9. The Morgan fingerprint density at radius 2 is 1.83 bits per heavy atom. The number of hydrogen-bond donors (Lipinski definition) is 2. The van der Waals surface area contributed by atoms with Gasteiger partial charge in [0.1, 0.15) is 11.5 Å². The highest BCUT2D eigenvalue weighted by molar-refractivity contribution is 7.15. The molecule has 0 aliphatic carbocycles. The van der Waals surface area contributed by atoms with Crippen molar-refractivity contribution in [1.29, 1.82) is 0 Å². The van der Waals surface area contributed by atoms with Crippen LogP contribution in [0.25, 0.3) is 5.76 Å². The van der Waals surface area contributed by atoms with Crippen molar-refractivity contribution in [1.82, 2.24) is 0 Å². The normalized spacial score (nSPS) is 8.17. The summed E-state index contributed by atoms with van der Waals surface area (Å²) < 4.78 is 0. The molecule has 0 saturated heterocycles. The van der Waals surface area contributed by atoms with Gasteiger partial charge in [0.2, 0.25) is 0 Å². The topological polar surface area (TPSA) is 40.5 Å². The number of para-hydroxylation sites is 1. The van der Waals surface area contributed by atoms with Gasteiger partial charge in [-0.2, -0.15) is 0 Å². The number of hydrogen-bond acceptors (Lipinski definition) is 2. The van der Waals surface area contributed by atoms with Gasteiger partial charge in [-0.05, 0) is 12.1 Å². The van der Waals surface area contributed by atoms with E-state index in [1.807, 2.05) is 6.66 Å². The molecule has 0 heterocycles. The van der Waals surface area contributed by atoms with Crippen LogP contribution < -0.4 is 0 Å². The minimum Gasteiger partial charge on any atom is -0.508 e. The molecule has 0 amide bonds. The second kappa shape index (κ2) is 5.62. The maximum Gasteiger partial charge on any atom is 0.126 e. The van der Waals surface area contributed by atoms with Crippen LogP contribution in [0, 0.1) is 0 Å². The van der Waals surface area contributed by atoms with Crippen LogP contribution in [0.2, 0.25) is 0 Å². The van der Waals surface area contributed by atoms with Crippen LogP contribution in [0.15, 0.2) is 30.8 Å². The first-order valence-corrected chi connectivity index (χ1v) is 4.61. The van der Waals surface area contributed by atoms with Gasteiger partial charge in [0.05, 0.1) is 5.56 Å². The molecule has 0 aliphatic heterocycles. The third kappa shape index (κ3) is 2.93. The first kappa shape index (κ1) is 11.0. The van der Waals surface area contributed by atoms with Crippen LogP contribution in [0.5, 0.6) is 5.75 Å². The molecule has 0 aliphatic rings. The molecule has 0 radical (unpaired) electrons. The number of aliphatic hydroxyl groups excluding tert-OH is 1. The average molecular weight is 184 g/mol. The van der Waals surface area contributed by atoms with Crippen molar-refractivity contribution >= 4 is 15.0 Å². The summed E-state index contributed by atoms with van der Waals surface area (Å²) >= 11 is 0. The lowest BCUT2D eigenvalue weighted by Crippen LogP contribution is -1.79. The van der Waals surface area contributed by atoms with E-state index in [0.29, 0.717) is 5.56 Å². The number of benzene rings is 1. The molecule has 0 fully saturated rings. The van der Waals surface area contributed by atoms with Crippen LogP contribution in [-0.4, -0.2) is 16.9 Å². The minimum absolute atomic E-state index is 0.0509. The molecule has 1 aromatic carbocycles. The van der Waals surface area contributed by atoms with Gasteiger partial charge in [-0.25, -0.2) is 0 Å². The lowest BCUT2D eigenvalue weighted by molar-refractivity contribution is 0.461. The van der Waals surface area contributed by atoms with E-state index in [1.165, 1.54) is 6.07 Å². The van der Waals surface area contributed by atoms with Crippen LogP contribution in [-0.2, 0) is 0 Å². The maximum absolute atomic E-state index is 9.06. The minimum atomic E-state index is -0.113. The molecule has 1 unspecified atom stereocenters. The molecule has 0 bridgehead atoms. The number of rotatable bonds is 1. The standard InChI is InChI=1S/C8H8O2.CH5P/c1-6(9)7-4-2-3-5-8(7)10;1-2/h2-5,9-10H,1H2;2H2,1H3. The van der Waals surface area contributed by atoms with Crippen molar-refractivity contribution in [3.8, 4) is 5.75 Å². The van der Waals surface area contributed by atoms with Gasteiger partial charge in [-0.3, -0.25) is 0 Å². The SMILES string of the molecule is C=C(O)c1ccccc1O.CP. The number of aliphatic hydroxyl groups is 1. The summed E-state index contributed by atoms with van der Waals surface area (Å²) in [5.74, 6) is -0.0619. The number of phenolic OH excluding ortho intramolecular Hbond substituents is 1. The second-order valence-electron chi connectivity index (χ2n) is 1.96. The van der Waals surface area contributed by atoms with E-state index in [0.717, 1.165) is 0 Å². The Bertz CT molecular complexity index is 258. The summed E-state index contributed by atoms with van der Waals surface area (Å²) in [5.41, 5.74) is 0.377. The highest BCUT2D eigenvalue weighted by atomic mass is 31.0. The van der Waals surface area contributed by atoms with E-state index in [4.69, 9.17) is 10.2 Å². The van der Waals surface area contributed by atoms with E-state index in [2.05, 4.69) is 15.8 Å². The first-order chi connectivity index (χ1) is 5.72. The Morgan fingerprint density at radius 3 is 2.17 bits per heavy atom. The summed E-state index contributed by atoms with van der Waals surface area (Å²) in [6.45, 7) is 5.20. The lowest BCUT2D eigenvalue weighted by Gasteiger charge is -1.99. The van der Waals surface area contributed by atoms with Crippen LogP contribution >= 0.6 is 9.24 Å². The Labute approximate surface area is 74.8 Å².